The maximum absolute atomic E-state index is 12.6. The minimum Gasteiger partial charge on any atom is -0.502 e. The van der Waals surface area contributed by atoms with Gasteiger partial charge >= 0.3 is 125 Å². The Bertz CT molecular complexity index is 4130. The summed E-state index contributed by atoms with van der Waals surface area (Å²) in [7, 11) is 11.6. The van der Waals surface area contributed by atoms with Crippen molar-refractivity contribution < 1.29 is 100 Å². The number of nitrogens with zero attached hydrogens (tertiary/aromatic N) is 5. The van der Waals surface area contributed by atoms with Gasteiger partial charge in [-0.1, -0.05) is 103 Å². The van der Waals surface area contributed by atoms with Crippen LogP contribution in [0.1, 0.15) is 174 Å². The second-order valence-electron chi connectivity index (χ2n) is 34.1. The van der Waals surface area contributed by atoms with E-state index < -0.39 is 72.4 Å². The molecule has 7 fully saturated rings. The van der Waals surface area contributed by atoms with Crippen molar-refractivity contribution in [1.82, 2.24) is 20.4 Å². The first-order valence-electron chi connectivity index (χ1n) is 42.1. The van der Waals surface area contributed by atoms with Crippen LogP contribution in [0.25, 0.3) is 0 Å². The Hall–Kier alpha value is -7.79. The van der Waals surface area contributed by atoms with Gasteiger partial charge < -0.3 is 78.3 Å². The van der Waals surface area contributed by atoms with Crippen molar-refractivity contribution in [3.8, 4) is 5.75 Å². The number of ether oxygens (including phenoxy) is 9. The summed E-state index contributed by atoms with van der Waals surface area (Å²) in [6, 6.07) is 13.4. The number of rotatable bonds is 22. The fourth-order valence-corrected chi connectivity index (χ4v) is 17.2. The number of aryl methyl sites for hydroxylation is 6. The maximum atomic E-state index is 12.6. The van der Waals surface area contributed by atoms with Crippen molar-refractivity contribution in [3.05, 3.63) is 183 Å². The van der Waals surface area contributed by atoms with Crippen LogP contribution in [0.2, 0.25) is 0 Å². The van der Waals surface area contributed by atoms with Crippen molar-refractivity contribution in [2.24, 2.45) is 11.8 Å². The number of ketones is 2. The molecule has 2 unspecified atom stereocenters. The molecule has 7 heterocycles. The van der Waals surface area contributed by atoms with Gasteiger partial charge in [0.05, 0.1) is 74.1 Å². The van der Waals surface area contributed by atoms with Gasteiger partial charge in [-0.15, -0.1) is 6.58 Å². The first-order valence-corrected chi connectivity index (χ1v) is 47.6. The molecule has 5 N–H and O–H groups in total. The number of aliphatic hydroxyl groups is 3. The first kappa shape index (κ1) is 103. The third-order valence-corrected chi connectivity index (χ3v) is 23.4. The van der Waals surface area contributed by atoms with E-state index in [-0.39, 0.29) is 96.5 Å². The standard InChI is InChI=1S/C30H46N2O8.C23H36N2O5.C21H27N2.C10H11NO3.C9H14O3.2ClH.Ru/c1-19(8-11-26-28(35)24(33)18-30(5,6)40-26)7-10-25-20(2)17-23(22(4)39-25)31-27(34)12-9-21(3)38-29(36)32-13-15-37-16-14-32;1-6-16(2)7-9-21-17(3)15-20(19(5)30-21)24-22(26)10-8-18(4)29-23(27)25-11-13-28-14-12-25;1-14-9-16(3)20(17(4)10-14)22-7-8-23(13-22)21-18(5)11-15(2)12-19(21)6;1-7(2)14-10-5-4-9(11(12)13)6-8(10)3;1-4-7-8(11)6(10)5-9(2,3)12-7;;;/h7-9,11-12,20-23,25-26,28,35H,10,13-18H2,1-6H3,(H,31,34);6-8,10,17-21H,1,9,11-15H2,2-5H3,(H,24,26);9-13H,7-8H2,1-6H3;3-7H,1-2H3;4,7-8,11H,1,5H2,2-3H3;2*1H;/q;;-1;;;;;+2/p-1/b11-8+,12-9-,19-7+;10-8-,16-7+;;;;;;/t20-,21-,22+,23+,25-,26?,28-;17-,18-,19+,20+,21-;;;7?,8-;;;/m00..0.../s1. The molecule has 0 bridgehead atoms. The van der Waals surface area contributed by atoms with Gasteiger partial charge in [0, 0.05) is 75.6 Å². The number of hydrogen-bond acceptors (Lipinski definition) is 20. The number of non-ortho nitro benzene ring substituents is 1. The van der Waals surface area contributed by atoms with Crippen LogP contribution >= 0.6 is 19.4 Å². The summed E-state index contributed by atoms with van der Waals surface area (Å²) >= 11 is -2.03. The molecule has 4 amide bonds. The third-order valence-electron chi connectivity index (χ3n) is 21.6. The summed E-state index contributed by atoms with van der Waals surface area (Å²) < 4.78 is 51.0. The molecule has 0 aromatic heterocycles. The molecular weight excluding hydrogens is 1690 g/mol. The number of amides is 4. The predicted octanol–water partition coefficient (Wildman–Crippen LogP) is 15.3. The van der Waals surface area contributed by atoms with Crippen LogP contribution in [0.5, 0.6) is 5.75 Å². The predicted molar refractivity (Wildman–Crippen MR) is 478 cm³/mol. The number of nitro groups is 1. The normalized spacial score (nSPS) is 25.4. The minimum absolute atomic E-state index is 0.00121. The van der Waals surface area contributed by atoms with E-state index in [9.17, 15) is 49.1 Å². The van der Waals surface area contributed by atoms with Crippen LogP contribution in [-0.4, -0.2) is 226 Å². The number of nitrogens with one attached hydrogen (secondary N) is 2. The second kappa shape index (κ2) is 49.2. The van der Waals surface area contributed by atoms with Gasteiger partial charge in [0.25, 0.3) is 0 Å². The fourth-order valence-electron chi connectivity index (χ4n) is 15.4. The van der Waals surface area contributed by atoms with Crippen molar-refractivity contribution in [2.45, 2.75) is 267 Å². The van der Waals surface area contributed by atoms with E-state index in [1.54, 1.807) is 52.6 Å². The van der Waals surface area contributed by atoms with Crippen LogP contribution in [-0.2, 0) is 70.6 Å². The fraction of sp³-hybridized carbons (Fsp3) is 0.570. The molecule has 3 aromatic rings. The Kier molecular flexibility index (Phi) is 41.5. The molecule has 678 valence electrons. The van der Waals surface area contributed by atoms with Crippen molar-refractivity contribution >= 4 is 76.6 Å². The molecule has 7 aliphatic heterocycles. The molecule has 0 spiro atoms. The zero-order chi connectivity index (χ0) is 90.6. The zero-order valence-corrected chi connectivity index (χ0v) is 78.3. The van der Waals surface area contributed by atoms with Crippen molar-refractivity contribution in [3.63, 3.8) is 0 Å². The van der Waals surface area contributed by atoms with Crippen LogP contribution in [0.15, 0.2) is 128 Å². The van der Waals surface area contributed by atoms with E-state index in [2.05, 4.69) is 137 Å². The summed E-state index contributed by atoms with van der Waals surface area (Å²) in [6.07, 6.45) is 15.6. The summed E-state index contributed by atoms with van der Waals surface area (Å²) in [6.45, 7) is 55.8. The number of carbonyl (C=O) groups excluding carboxylic acids is 6. The molecule has 29 heteroatoms. The van der Waals surface area contributed by atoms with Gasteiger partial charge in [0.2, 0.25) is 11.8 Å². The molecule has 7 aliphatic rings. The number of allylic oxidation sites excluding steroid dienone is 4. The molecule has 0 radical (unpaired) electrons. The van der Waals surface area contributed by atoms with E-state index in [0.717, 1.165) is 43.5 Å². The molecule has 0 saturated carbocycles. The average Bonchev–Trinajstić information content (AvgIpc) is 1.59. The van der Waals surface area contributed by atoms with E-state index in [1.165, 1.54) is 75.1 Å². The number of nitro benzene ring substituents is 1. The molecule has 10 rings (SSSR count). The summed E-state index contributed by atoms with van der Waals surface area (Å²) in [5.41, 5.74) is 12.5. The van der Waals surface area contributed by atoms with E-state index in [4.69, 9.17) is 57.3 Å². The largest absolute Gasteiger partial charge is 0.502 e. The van der Waals surface area contributed by atoms with E-state index in [0.29, 0.717) is 76.3 Å². The van der Waals surface area contributed by atoms with Crippen LogP contribution in [0.4, 0.5) is 26.7 Å². The van der Waals surface area contributed by atoms with Crippen LogP contribution in [0.3, 0.4) is 0 Å². The molecule has 122 heavy (non-hydrogen) atoms. The zero-order valence-electron chi connectivity index (χ0n) is 75.1. The van der Waals surface area contributed by atoms with Gasteiger partial charge in [-0.25, -0.2) is 9.59 Å². The summed E-state index contributed by atoms with van der Waals surface area (Å²) in [4.78, 5) is 90.7. The summed E-state index contributed by atoms with van der Waals surface area (Å²) in [5.74, 6) is 0.394. The van der Waals surface area contributed by atoms with Gasteiger partial charge in [0.1, 0.15) is 36.6 Å². The number of anilines is 2. The number of morpholine rings is 2. The van der Waals surface area contributed by atoms with Gasteiger partial charge in [0.15, 0.2) is 11.6 Å². The third kappa shape index (κ3) is 33.6. The van der Waals surface area contributed by atoms with Gasteiger partial charge in [-0.2, -0.15) is 6.67 Å². The molecule has 0 aliphatic carbocycles. The smallest absolute Gasteiger partial charge is 0.0146 e. The number of halogens is 2. The minimum atomic E-state index is -2.03. The van der Waals surface area contributed by atoms with E-state index >= 15 is 0 Å². The van der Waals surface area contributed by atoms with Crippen LogP contribution in [0, 0.1) is 70.2 Å². The Morgan fingerprint density at radius 1 is 0.648 bits per heavy atom. The van der Waals surface area contributed by atoms with Gasteiger partial charge in [-0.05, 0) is 183 Å². The number of Topliss-reactive ketones (excluding diaryl/α,β-unsaturated/α-hetero) is 2. The number of carbonyl (C=O) groups is 6. The van der Waals surface area contributed by atoms with Crippen molar-refractivity contribution in [2.75, 3.05) is 75.5 Å². The Balaban J connectivity index is 0.000000249. The Morgan fingerprint density at radius 3 is 1.45 bits per heavy atom. The SMILES string of the molecule is C=C/C(C)=C/C[C@@H]1O[C@H](C)[C@H](NC(=O)/C=C\[C@H](C)OC(=O)N2CCOCC2)C[C@@H]1C.C=CC1OC(C)(C)CC(=O)[C@@H]1O.CC(/C=C/C1OC(C)(C)CC(=O)[C@@H]1O)=C\C[C@@H]1O[C@H](C)[C@H](NC(=O)/C=C\[C@H](C)OC(=O)N2CCOCC2)C[C@@H]1C.CC(C)[OH+]c1ccc([N+](=O)[O-])cc1[CH]=[Ru]([Cl])[Cl].Cc1cc(C)c(N2[CH-]N(c3c(C)cc(C)cc3C)CC2)c(C)c1. The molecule has 26 nitrogen and oxygen atoms in total. The van der Waals surface area contributed by atoms with Crippen molar-refractivity contribution in [1.29, 1.82) is 0 Å². The number of aliphatic hydroxyl groups excluding tert-OH is 2. The average molecular weight is 1830 g/mol. The molecule has 7 saturated heterocycles. The topological polar surface area (TPSA) is 310 Å². The first-order chi connectivity index (χ1) is 57.4. The van der Waals surface area contributed by atoms with Gasteiger partial charge in [-0.3, -0.25) is 19.2 Å². The monoisotopic (exact) mass is 1830 g/mol. The number of aromatic hydroxyl groups is 1. The summed E-state index contributed by atoms with van der Waals surface area (Å²) in [5, 5.41) is 36.2. The number of hydrogen-bond donors (Lipinski definition) is 4. The second-order valence-corrected chi connectivity index (χ2v) is 39.8. The number of benzene rings is 3. The Morgan fingerprint density at radius 2 is 1.06 bits per heavy atom. The Labute approximate surface area is 736 Å². The van der Waals surface area contributed by atoms with Crippen LogP contribution < -0.4 is 20.4 Å². The molecular formula is C93H135Cl2N7O19Ru. The molecule has 14 atom stereocenters. The molecule has 3 aromatic carbocycles. The quantitative estimate of drug-likeness (QED) is 0.0106. The maximum Gasteiger partial charge on any atom is 0.0146 e. The van der Waals surface area contributed by atoms with E-state index in [1.807, 2.05) is 81.4 Å².